The number of halogens is 1. The van der Waals surface area contributed by atoms with Crippen molar-refractivity contribution < 1.29 is 9.18 Å². The molecule has 2 fully saturated rings. The normalized spacial score (nSPS) is 19.8. The molecule has 0 radical (unpaired) electrons. The summed E-state index contributed by atoms with van der Waals surface area (Å²) >= 11 is 0. The number of anilines is 1. The number of hydrogen-bond donors (Lipinski definition) is 2. The van der Waals surface area contributed by atoms with E-state index in [1.54, 1.807) is 6.07 Å². The van der Waals surface area contributed by atoms with Gasteiger partial charge in [0.1, 0.15) is 5.82 Å². The molecule has 1 aromatic rings. The molecule has 114 valence electrons. The molecule has 0 aromatic heterocycles. The third-order valence-corrected chi connectivity index (χ3v) is 4.45. The third kappa shape index (κ3) is 3.53. The number of carbonyl (C=O) groups is 1. The number of piperidine rings is 1. The SMILES string of the molecule is NC(=O)c1cc(F)ccc1N1CCC(NCC2CC2)CC1. The summed E-state index contributed by atoms with van der Waals surface area (Å²) in [6.07, 6.45) is 4.82. The first-order valence-electron chi connectivity index (χ1n) is 7.71. The van der Waals surface area contributed by atoms with Crippen molar-refractivity contribution in [2.75, 3.05) is 24.5 Å². The van der Waals surface area contributed by atoms with Crippen molar-refractivity contribution in [3.05, 3.63) is 29.6 Å². The quantitative estimate of drug-likeness (QED) is 0.871. The van der Waals surface area contributed by atoms with E-state index in [2.05, 4.69) is 10.2 Å². The van der Waals surface area contributed by atoms with E-state index in [1.807, 2.05) is 0 Å². The lowest BCUT2D eigenvalue weighted by Gasteiger charge is -2.35. The lowest BCUT2D eigenvalue weighted by Crippen LogP contribution is -2.43. The summed E-state index contributed by atoms with van der Waals surface area (Å²) in [6, 6.07) is 4.83. The molecule has 1 saturated heterocycles. The number of primary amides is 1. The molecule has 1 aliphatic carbocycles. The molecule has 1 saturated carbocycles. The molecule has 0 atom stereocenters. The molecular formula is C16H22FN3O. The van der Waals surface area contributed by atoms with Crippen LogP contribution in [0, 0.1) is 11.7 Å². The molecule has 2 aliphatic rings. The molecule has 0 spiro atoms. The summed E-state index contributed by atoms with van der Waals surface area (Å²) in [5.74, 6) is -0.103. The first-order valence-corrected chi connectivity index (χ1v) is 7.71. The number of benzene rings is 1. The zero-order chi connectivity index (χ0) is 14.8. The van der Waals surface area contributed by atoms with Gasteiger partial charge in [-0.2, -0.15) is 0 Å². The van der Waals surface area contributed by atoms with E-state index >= 15 is 0 Å². The largest absolute Gasteiger partial charge is 0.371 e. The van der Waals surface area contributed by atoms with Crippen molar-refractivity contribution in [3.63, 3.8) is 0 Å². The molecule has 1 heterocycles. The van der Waals surface area contributed by atoms with Crippen molar-refractivity contribution in [1.29, 1.82) is 0 Å². The minimum atomic E-state index is -0.571. The fourth-order valence-corrected chi connectivity index (χ4v) is 2.96. The third-order valence-electron chi connectivity index (χ3n) is 4.45. The highest BCUT2D eigenvalue weighted by atomic mass is 19.1. The summed E-state index contributed by atoms with van der Waals surface area (Å²) in [5, 5.41) is 3.62. The second-order valence-corrected chi connectivity index (χ2v) is 6.14. The van der Waals surface area contributed by atoms with Gasteiger partial charge in [-0.15, -0.1) is 0 Å². The maximum atomic E-state index is 13.3. The van der Waals surface area contributed by atoms with Crippen LogP contribution in [0.15, 0.2) is 18.2 Å². The Kier molecular flexibility index (Phi) is 4.10. The van der Waals surface area contributed by atoms with Gasteiger partial charge in [0, 0.05) is 24.8 Å². The Balaban J connectivity index is 1.62. The fraction of sp³-hybridized carbons (Fsp3) is 0.562. The van der Waals surface area contributed by atoms with E-state index in [0.29, 0.717) is 6.04 Å². The van der Waals surface area contributed by atoms with Crippen LogP contribution in [0.25, 0.3) is 0 Å². The molecule has 1 aliphatic heterocycles. The lowest BCUT2D eigenvalue weighted by molar-refractivity contribution is 0.1000. The van der Waals surface area contributed by atoms with E-state index in [-0.39, 0.29) is 5.56 Å². The molecule has 1 aromatic carbocycles. The second-order valence-electron chi connectivity index (χ2n) is 6.14. The molecular weight excluding hydrogens is 269 g/mol. The van der Waals surface area contributed by atoms with E-state index in [1.165, 1.54) is 25.0 Å². The zero-order valence-electron chi connectivity index (χ0n) is 12.1. The number of nitrogens with two attached hydrogens (primary N) is 1. The number of nitrogens with one attached hydrogen (secondary N) is 1. The van der Waals surface area contributed by atoms with Gasteiger partial charge in [0.25, 0.3) is 5.91 Å². The van der Waals surface area contributed by atoms with Crippen LogP contribution in [-0.2, 0) is 0 Å². The lowest BCUT2D eigenvalue weighted by atomic mass is 10.0. The predicted molar refractivity (Wildman–Crippen MR) is 80.9 cm³/mol. The van der Waals surface area contributed by atoms with Gasteiger partial charge in [0.05, 0.1) is 5.56 Å². The minimum absolute atomic E-state index is 0.277. The van der Waals surface area contributed by atoms with Crippen molar-refractivity contribution in [2.45, 2.75) is 31.7 Å². The predicted octanol–water partition coefficient (Wildman–Crippen LogP) is 1.89. The molecule has 0 unspecified atom stereocenters. The molecule has 4 nitrogen and oxygen atoms in total. The molecule has 1 amide bonds. The highest BCUT2D eigenvalue weighted by Crippen LogP contribution is 2.29. The monoisotopic (exact) mass is 291 g/mol. The maximum Gasteiger partial charge on any atom is 0.250 e. The maximum absolute atomic E-state index is 13.3. The van der Waals surface area contributed by atoms with Gasteiger partial charge in [-0.1, -0.05) is 0 Å². The Hall–Kier alpha value is -1.62. The summed E-state index contributed by atoms with van der Waals surface area (Å²) < 4.78 is 13.3. The van der Waals surface area contributed by atoms with Gasteiger partial charge in [-0.3, -0.25) is 4.79 Å². The Morgan fingerprint density at radius 1 is 1.29 bits per heavy atom. The van der Waals surface area contributed by atoms with Crippen LogP contribution in [-0.4, -0.2) is 31.6 Å². The van der Waals surface area contributed by atoms with Gasteiger partial charge < -0.3 is 16.0 Å². The Bertz CT molecular complexity index is 522. The second kappa shape index (κ2) is 6.02. The number of rotatable bonds is 5. The van der Waals surface area contributed by atoms with E-state index < -0.39 is 11.7 Å². The van der Waals surface area contributed by atoms with E-state index in [0.717, 1.165) is 44.1 Å². The molecule has 3 N–H and O–H groups in total. The summed E-state index contributed by atoms with van der Waals surface area (Å²) in [6.45, 7) is 2.87. The van der Waals surface area contributed by atoms with Gasteiger partial charge >= 0.3 is 0 Å². The van der Waals surface area contributed by atoms with Gasteiger partial charge in [-0.05, 0) is 56.3 Å². The molecule has 0 bridgehead atoms. The fourth-order valence-electron chi connectivity index (χ4n) is 2.96. The van der Waals surface area contributed by atoms with Crippen LogP contribution in [0.3, 0.4) is 0 Å². The smallest absolute Gasteiger partial charge is 0.250 e. The van der Waals surface area contributed by atoms with Crippen molar-refractivity contribution in [2.24, 2.45) is 11.7 Å². The van der Waals surface area contributed by atoms with Crippen LogP contribution < -0.4 is 16.0 Å². The average Bonchev–Trinajstić information content (AvgIpc) is 3.30. The number of carbonyl (C=O) groups excluding carboxylic acids is 1. The van der Waals surface area contributed by atoms with Gasteiger partial charge in [-0.25, -0.2) is 4.39 Å². The molecule has 21 heavy (non-hydrogen) atoms. The van der Waals surface area contributed by atoms with Crippen LogP contribution in [0.5, 0.6) is 0 Å². The zero-order valence-corrected chi connectivity index (χ0v) is 12.1. The van der Waals surface area contributed by atoms with E-state index in [9.17, 15) is 9.18 Å². The summed E-state index contributed by atoms with van der Waals surface area (Å²) in [5.41, 5.74) is 6.39. The Morgan fingerprint density at radius 3 is 2.62 bits per heavy atom. The highest BCUT2D eigenvalue weighted by Gasteiger charge is 2.25. The van der Waals surface area contributed by atoms with E-state index in [4.69, 9.17) is 5.73 Å². The average molecular weight is 291 g/mol. The van der Waals surface area contributed by atoms with Crippen molar-refractivity contribution in [3.8, 4) is 0 Å². The summed E-state index contributed by atoms with van der Waals surface area (Å²) in [7, 11) is 0. The Labute approximate surface area is 124 Å². The standard InChI is InChI=1S/C16H22FN3O/c17-12-3-4-15(14(9-12)16(18)21)20-7-5-13(6-8-20)19-10-11-1-2-11/h3-4,9,11,13,19H,1-2,5-8,10H2,(H2,18,21). The first kappa shape index (κ1) is 14.3. The topological polar surface area (TPSA) is 58.4 Å². The molecule has 3 rings (SSSR count). The Morgan fingerprint density at radius 2 is 2.00 bits per heavy atom. The van der Waals surface area contributed by atoms with Crippen molar-refractivity contribution >= 4 is 11.6 Å². The molecule has 5 heteroatoms. The minimum Gasteiger partial charge on any atom is -0.371 e. The van der Waals surface area contributed by atoms with Crippen LogP contribution >= 0.6 is 0 Å². The van der Waals surface area contributed by atoms with Crippen LogP contribution in [0.2, 0.25) is 0 Å². The first-order chi connectivity index (χ1) is 10.1. The van der Waals surface area contributed by atoms with Crippen LogP contribution in [0.4, 0.5) is 10.1 Å². The number of amides is 1. The number of hydrogen-bond acceptors (Lipinski definition) is 3. The number of nitrogens with zero attached hydrogens (tertiary/aromatic N) is 1. The highest BCUT2D eigenvalue weighted by molar-refractivity contribution is 5.98. The summed E-state index contributed by atoms with van der Waals surface area (Å²) in [4.78, 5) is 13.6. The van der Waals surface area contributed by atoms with Crippen molar-refractivity contribution in [1.82, 2.24) is 5.32 Å². The van der Waals surface area contributed by atoms with Gasteiger partial charge in [0.15, 0.2) is 0 Å². The van der Waals surface area contributed by atoms with Gasteiger partial charge in [0.2, 0.25) is 0 Å². The van der Waals surface area contributed by atoms with Crippen LogP contribution in [0.1, 0.15) is 36.0 Å².